The van der Waals surface area contributed by atoms with Crippen LogP contribution in [0.1, 0.15) is 35.0 Å². The van der Waals surface area contributed by atoms with Crippen LogP contribution in [0, 0.1) is 6.92 Å². The number of rotatable bonds is 5. The molecule has 0 atom stereocenters. The zero-order chi connectivity index (χ0) is 15.4. The van der Waals surface area contributed by atoms with Crippen molar-refractivity contribution in [3.63, 3.8) is 0 Å². The van der Waals surface area contributed by atoms with Gasteiger partial charge in [0.05, 0.1) is 5.69 Å². The van der Waals surface area contributed by atoms with Gasteiger partial charge in [0.1, 0.15) is 4.88 Å². The third-order valence-electron chi connectivity index (χ3n) is 3.01. The minimum Gasteiger partial charge on any atom is -0.477 e. The molecule has 1 amide bonds. The van der Waals surface area contributed by atoms with E-state index in [9.17, 15) is 14.7 Å². The van der Waals surface area contributed by atoms with Gasteiger partial charge >= 0.3 is 5.97 Å². The third-order valence-corrected chi connectivity index (χ3v) is 4.19. The van der Waals surface area contributed by atoms with Crippen molar-refractivity contribution in [3.8, 4) is 10.4 Å². The fourth-order valence-electron chi connectivity index (χ4n) is 1.94. The third kappa shape index (κ3) is 3.70. The molecule has 0 spiro atoms. The number of carbonyl (C=O) groups excluding carboxylic acids is 1. The van der Waals surface area contributed by atoms with Gasteiger partial charge in [-0.1, -0.05) is 36.8 Å². The molecule has 0 aliphatic rings. The van der Waals surface area contributed by atoms with Gasteiger partial charge in [-0.15, -0.1) is 11.3 Å². The lowest BCUT2D eigenvalue weighted by Crippen LogP contribution is -2.12. The first-order chi connectivity index (χ1) is 10.0. The van der Waals surface area contributed by atoms with Crippen LogP contribution in [0.2, 0.25) is 0 Å². The van der Waals surface area contributed by atoms with Gasteiger partial charge in [0, 0.05) is 11.3 Å². The minimum absolute atomic E-state index is 0.159. The number of nitrogens with one attached hydrogen (secondary N) is 1. The highest BCUT2D eigenvalue weighted by atomic mass is 32.1. The van der Waals surface area contributed by atoms with Crippen LogP contribution >= 0.6 is 11.3 Å². The SMILES string of the molecule is CCCC(=O)Nc1cc(-c2ccc(C)cc2)sc1C(=O)O. The summed E-state index contributed by atoms with van der Waals surface area (Å²) in [6, 6.07) is 9.58. The molecule has 0 aliphatic heterocycles. The van der Waals surface area contributed by atoms with E-state index in [0.717, 1.165) is 22.4 Å². The lowest BCUT2D eigenvalue weighted by molar-refractivity contribution is -0.116. The maximum absolute atomic E-state index is 11.7. The molecule has 1 aromatic carbocycles. The van der Waals surface area contributed by atoms with E-state index in [-0.39, 0.29) is 10.8 Å². The molecule has 110 valence electrons. The molecule has 4 nitrogen and oxygen atoms in total. The summed E-state index contributed by atoms with van der Waals surface area (Å²) < 4.78 is 0. The fourth-order valence-corrected chi connectivity index (χ4v) is 2.90. The molecule has 1 aromatic heterocycles. The molecule has 5 heteroatoms. The molecule has 0 bridgehead atoms. The zero-order valence-electron chi connectivity index (χ0n) is 12.0. The number of hydrogen-bond donors (Lipinski definition) is 2. The minimum atomic E-state index is -1.02. The van der Waals surface area contributed by atoms with Gasteiger partial charge in [-0.2, -0.15) is 0 Å². The largest absolute Gasteiger partial charge is 0.477 e. The van der Waals surface area contributed by atoms with Crippen LogP contribution in [0.4, 0.5) is 5.69 Å². The van der Waals surface area contributed by atoms with Crippen LogP contribution in [-0.4, -0.2) is 17.0 Å². The fraction of sp³-hybridized carbons (Fsp3) is 0.250. The van der Waals surface area contributed by atoms with Crippen LogP contribution in [0.3, 0.4) is 0 Å². The lowest BCUT2D eigenvalue weighted by atomic mass is 10.1. The van der Waals surface area contributed by atoms with Gasteiger partial charge < -0.3 is 10.4 Å². The molecular weight excluding hydrogens is 286 g/mol. The number of carbonyl (C=O) groups is 2. The highest BCUT2D eigenvalue weighted by Crippen LogP contribution is 2.35. The number of anilines is 1. The molecule has 0 fully saturated rings. The molecule has 2 rings (SSSR count). The number of carboxylic acid groups (broad SMARTS) is 1. The first kappa shape index (κ1) is 15.3. The molecule has 0 radical (unpaired) electrons. The van der Waals surface area contributed by atoms with E-state index in [1.165, 1.54) is 11.3 Å². The maximum atomic E-state index is 11.7. The Hall–Kier alpha value is -2.14. The van der Waals surface area contributed by atoms with E-state index in [1.807, 2.05) is 38.1 Å². The Labute approximate surface area is 127 Å². The van der Waals surface area contributed by atoms with Crippen molar-refractivity contribution in [2.75, 3.05) is 5.32 Å². The number of aromatic carboxylic acids is 1. The van der Waals surface area contributed by atoms with Crippen molar-refractivity contribution in [1.82, 2.24) is 0 Å². The molecule has 0 saturated heterocycles. The highest BCUT2D eigenvalue weighted by molar-refractivity contribution is 7.18. The van der Waals surface area contributed by atoms with E-state index in [1.54, 1.807) is 6.07 Å². The molecule has 0 aliphatic carbocycles. The van der Waals surface area contributed by atoms with Crippen LogP contribution in [0.15, 0.2) is 30.3 Å². The van der Waals surface area contributed by atoms with Crippen LogP contribution in [0.25, 0.3) is 10.4 Å². The van der Waals surface area contributed by atoms with E-state index in [0.29, 0.717) is 12.1 Å². The van der Waals surface area contributed by atoms with E-state index < -0.39 is 5.97 Å². The summed E-state index contributed by atoms with van der Waals surface area (Å²) in [5, 5.41) is 12.0. The number of amides is 1. The van der Waals surface area contributed by atoms with Crippen LogP contribution in [-0.2, 0) is 4.79 Å². The van der Waals surface area contributed by atoms with Crippen molar-refractivity contribution in [2.45, 2.75) is 26.7 Å². The van der Waals surface area contributed by atoms with Crippen LogP contribution < -0.4 is 5.32 Å². The summed E-state index contributed by atoms with van der Waals surface area (Å²) in [6.07, 6.45) is 1.11. The summed E-state index contributed by atoms with van der Waals surface area (Å²) >= 11 is 1.17. The predicted octanol–water partition coefficient (Wildman–Crippen LogP) is 4.16. The van der Waals surface area contributed by atoms with Gasteiger partial charge in [0.25, 0.3) is 0 Å². The summed E-state index contributed by atoms with van der Waals surface area (Å²) in [5.74, 6) is -1.18. The summed E-state index contributed by atoms with van der Waals surface area (Å²) in [7, 11) is 0. The molecule has 2 N–H and O–H groups in total. The molecule has 0 saturated carbocycles. The molecular formula is C16H17NO3S. The second kappa shape index (κ2) is 6.54. The van der Waals surface area contributed by atoms with Crippen molar-refractivity contribution < 1.29 is 14.7 Å². The zero-order valence-corrected chi connectivity index (χ0v) is 12.8. The van der Waals surface area contributed by atoms with Crippen molar-refractivity contribution in [3.05, 3.63) is 40.8 Å². The molecule has 1 heterocycles. The van der Waals surface area contributed by atoms with E-state index >= 15 is 0 Å². The average Bonchev–Trinajstić information content (AvgIpc) is 2.83. The number of carboxylic acids is 1. The predicted molar refractivity (Wildman–Crippen MR) is 85.0 cm³/mol. The van der Waals surface area contributed by atoms with Gasteiger partial charge in [-0.05, 0) is 25.0 Å². The molecule has 2 aromatic rings. The Morgan fingerprint density at radius 2 is 1.90 bits per heavy atom. The van der Waals surface area contributed by atoms with Crippen molar-refractivity contribution >= 4 is 28.9 Å². The number of thiophene rings is 1. The Morgan fingerprint density at radius 1 is 1.24 bits per heavy atom. The standard InChI is InChI=1S/C16H17NO3S/c1-3-4-14(18)17-12-9-13(21-15(12)16(19)20)11-7-5-10(2)6-8-11/h5-9H,3-4H2,1-2H3,(H,17,18)(H,19,20). The van der Waals surface area contributed by atoms with Crippen molar-refractivity contribution in [2.24, 2.45) is 0 Å². The summed E-state index contributed by atoms with van der Waals surface area (Å²) in [4.78, 5) is 24.0. The quantitative estimate of drug-likeness (QED) is 0.871. The van der Waals surface area contributed by atoms with Gasteiger partial charge in [-0.3, -0.25) is 4.79 Å². The second-order valence-corrected chi connectivity index (χ2v) is 5.88. The maximum Gasteiger partial charge on any atom is 0.348 e. The monoisotopic (exact) mass is 303 g/mol. The second-order valence-electron chi connectivity index (χ2n) is 4.82. The highest BCUT2D eigenvalue weighted by Gasteiger charge is 2.17. The topological polar surface area (TPSA) is 66.4 Å². The normalized spacial score (nSPS) is 10.4. The summed E-state index contributed by atoms with van der Waals surface area (Å²) in [5.41, 5.74) is 2.47. The summed E-state index contributed by atoms with van der Waals surface area (Å²) in [6.45, 7) is 3.90. The number of aryl methyl sites for hydroxylation is 1. The van der Waals surface area contributed by atoms with Gasteiger partial charge in [0.15, 0.2) is 0 Å². The number of benzene rings is 1. The first-order valence-corrected chi connectivity index (χ1v) is 7.57. The Kier molecular flexibility index (Phi) is 4.75. The smallest absolute Gasteiger partial charge is 0.348 e. The number of hydrogen-bond acceptors (Lipinski definition) is 3. The van der Waals surface area contributed by atoms with Gasteiger partial charge in [0.2, 0.25) is 5.91 Å². The molecule has 0 unspecified atom stereocenters. The first-order valence-electron chi connectivity index (χ1n) is 6.75. The molecule has 21 heavy (non-hydrogen) atoms. The van der Waals surface area contributed by atoms with E-state index in [2.05, 4.69) is 5.32 Å². The van der Waals surface area contributed by atoms with Crippen molar-refractivity contribution in [1.29, 1.82) is 0 Å². The van der Waals surface area contributed by atoms with Gasteiger partial charge in [-0.25, -0.2) is 4.79 Å². The average molecular weight is 303 g/mol. The van der Waals surface area contributed by atoms with E-state index in [4.69, 9.17) is 0 Å². The Morgan fingerprint density at radius 3 is 2.48 bits per heavy atom. The lowest BCUT2D eigenvalue weighted by Gasteiger charge is -2.02. The Balaban J connectivity index is 2.34. The van der Waals surface area contributed by atoms with Crippen LogP contribution in [0.5, 0.6) is 0 Å². The Bertz CT molecular complexity index is 659.